The van der Waals surface area contributed by atoms with Crippen molar-refractivity contribution in [3.05, 3.63) is 29.6 Å². The quantitative estimate of drug-likeness (QED) is 0.858. The molecule has 0 aromatic carbocycles. The minimum Gasteiger partial charge on any atom is -0.373 e. The topological polar surface area (TPSA) is 34.2 Å². The third-order valence-electron chi connectivity index (χ3n) is 4.33. The van der Waals surface area contributed by atoms with Gasteiger partial charge in [-0.25, -0.2) is 0 Å². The lowest BCUT2D eigenvalue weighted by molar-refractivity contribution is -0.0910. The molecule has 0 aliphatic heterocycles. The number of hydrogen-bond donors (Lipinski definition) is 1. The Labute approximate surface area is 123 Å². The number of likely N-dealkylation sites (N-methyl/N-ethyl adjacent to an activating group) is 1. The summed E-state index contributed by atoms with van der Waals surface area (Å²) < 4.78 is 6.28. The number of ether oxygens (including phenoxy) is 1. The maximum atomic E-state index is 6.28. The molecule has 1 N–H and O–H groups in total. The van der Waals surface area contributed by atoms with Crippen molar-refractivity contribution < 1.29 is 4.74 Å². The second kappa shape index (κ2) is 7.19. The zero-order valence-electron chi connectivity index (χ0n) is 13.1. The summed E-state index contributed by atoms with van der Waals surface area (Å²) >= 11 is 0. The average Bonchev–Trinajstić information content (AvgIpc) is 2.47. The van der Waals surface area contributed by atoms with Crippen molar-refractivity contribution in [2.45, 2.75) is 64.5 Å². The molecule has 1 aromatic rings. The molecule has 0 radical (unpaired) electrons. The van der Waals surface area contributed by atoms with E-state index in [1.165, 1.54) is 24.8 Å². The molecule has 1 aromatic heterocycles. The van der Waals surface area contributed by atoms with Gasteiger partial charge in [-0.2, -0.15) is 0 Å². The fourth-order valence-electron chi connectivity index (χ4n) is 3.42. The van der Waals surface area contributed by atoms with Gasteiger partial charge in [0.1, 0.15) is 0 Å². The molecule has 3 nitrogen and oxygen atoms in total. The first-order chi connectivity index (χ1) is 9.72. The molecule has 1 unspecified atom stereocenters. The Morgan fingerprint density at radius 1 is 1.25 bits per heavy atom. The molecule has 0 saturated heterocycles. The molecular formula is C17H28N2O. The van der Waals surface area contributed by atoms with Crippen LogP contribution in [0.2, 0.25) is 0 Å². The number of aromatic nitrogens is 1. The SMILES string of the molecule is CCNC(c1ccc(C)nc1)C1(OCC)CCCCC1. The second-order valence-electron chi connectivity index (χ2n) is 5.78. The summed E-state index contributed by atoms with van der Waals surface area (Å²) in [5, 5.41) is 3.65. The summed E-state index contributed by atoms with van der Waals surface area (Å²) in [5.74, 6) is 0. The summed E-state index contributed by atoms with van der Waals surface area (Å²) in [4.78, 5) is 4.47. The van der Waals surface area contributed by atoms with Crippen LogP contribution in [0.3, 0.4) is 0 Å². The first kappa shape index (κ1) is 15.5. The molecule has 2 rings (SSSR count). The Balaban J connectivity index is 2.30. The van der Waals surface area contributed by atoms with Gasteiger partial charge in [0.05, 0.1) is 11.6 Å². The molecule has 0 amide bonds. The normalized spacial score (nSPS) is 19.8. The van der Waals surface area contributed by atoms with Crippen LogP contribution in [0.5, 0.6) is 0 Å². The van der Waals surface area contributed by atoms with Gasteiger partial charge >= 0.3 is 0 Å². The van der Waals surface area contributed by atoms with Crippen LogP contribution in [0, 0.1) is 6.92 Å². The minimum atomic E-state index is -0.0556. The fraction of sp³-hybridized carbons (Fsp3) is 0.706. The monoisotopic (exact) mass is 276 g/mol. The largest absolute Gasteiger partial charge is 0.373 e. The predicted octanol–water partition coefficient (Wildman–Crippen LogP) is 3.78. The van der Waals surface area contributed by atoms with Gasteiger partial charge in [0.15, 0.2) is 0 Å². The van der Waals surface area contributed by atoms with Gasteiger partial charge in [-0.05, 0) is 44.9 Å². The number of aryl methyl sites for hydroxylation is 1. The average molecular weight is 276 g/mol. The minimum absolute atomic E-state index is 0.0556. The third kappa shape index (κ3) is 3.39. The molecule has 1 fully saturated rings. The Morgan fingerprint density at radius 2 is 2.00 bits per heavy atom. The smallest absolute Gasteiger partial charge is 0.0876 e. The van der Waals surface area contributed by atoms with Gasteiger partial charge in [-0.3, -0.25) is 4.98 Å². The van der Waals surface area contributed by atoms with E-state index in [2.05, 4.69) is 36.3 Å². The van der Waals surface area contributed by atoms with Gasteiger partial charge < -0.3 is 10.1 Å². The van der Waals surface area contributed by atoms with E-state index in [0.29, 0.717) is 0 Å². The Morgan fingerprint density at radius 3 is 2.55 bits per heavy atom. The van der Waals surface area contributed by atoms with Crippen molar-refractivity contribution in [3.63, 3.8) is 0 Å². The summed E-state index contributed by atoms with van der Waals surface area (Å²) in [6.07, 6.45) is 8.17. The van der Waals surface area contributed by atoms with Crippen LogP contribution in [0.25, 0.3) is 0 Å². The van der Waals surface area contributed by atoms with E-state index in [-0.39, 0.29) is 11.6 Å². The molecule has 0 spiro atoms. The lowest BCUT2D eigenvalue weighted by Gasteiger charge is -2.43. The van der Waals surface area contributed by atoms with E-state index in [1.54, 1.807) is 0 Å². The van der Waals surface area contributed by atoms with Crippen molar-refractivity contribution >= 4 is 0 Å². The van der Waals surface area contributed by atoms with Crippen molar-refractivity contribution in [3.8, 4) is 0 Å². The highest BCUT2D eigenvalue weighted by Crippen LogP contribution is 2.41. The molecule has 0 bridgehead atoms. The lowest BCUT2D eigenvalue weighted by atomic mass is 9.76. The summed E-state index contributed by atoms with van der Waals surface area (Å²) in [6, 6.07) is 4.55. The number of nitrogens with zero attached hydrogens (tertiary/aromatic N) is 1. The van der Waals surface area contributed by atoms with Gasteiger partial charge in [0.25, 0.3) is 0 Å². The van der Waals surface area contributed by atoms with Crippen LogP contribution >= 0.6 is 0 Å². The second-order valence-corrected chi connectivity index (χ2v) is 5.78. The van der Waals surface area contributed by atoms with Crippen molar-refractivity contribution in [1.82, 2.24) is 10.3 Å². The molecule has 1 atom stereocenters. The number of rotatable bonds is 6. The molecule has 1 aliphatic rings. The van der Waals surface area contributed by atoms with Crippen LogP contribution in [-0.2, 0) is 4.74 Å². The van der Waals surface area contributed by atoms with Gasteiger partial charge in [-0.1, -0.05) is 32.3 Å². The van der Waals surface area contributed by atoms with Crippen molar-refractivity contribution in [1.29, 1.82) is 0 Å². The maximum absolute atomic E-state index is 6.28. The zero-order valence-corrected chi connectivity index (χ0v) is 13.1. The lowest BCUT2D eigenvalue weighted by Crippen LogP contribution is -2.47. The summed E-state index contributed by atoms with van der Waals surface area (Å²) in [7, 11) is 0. The van der Waals surface area contributed by atoms with Crippen LogP contribution in [0.4, 0.5) is 0 Å². The summed E-state index contributed by atoms with van der Waals surface area (Å²) in [6.45, 7) is 8.03. The van der Waals surface area contributed by atoms with Crippen molar-refractivity contribution in [2.75, 3.05) is 13.2 Å². The standard InChI is InChI=1S/C17H28N2O/c1-4-18-16(15-10-9-14(3)19-13-15)17(20-5-2)11-7-6-8-12-17/h9-10,13,16,18H,4-8,11-12H2,1-3H3. The highest BCUT2D eigenvalue weighted by molar-refractivity contribution is 5.21. The van der Waals surface area contributed by atoms with E-state index in [0.717, 1.165) is 31.7 Å². The summed E-state index contributed by atoms with van der Waals surface area (Å²) in [5.41, 5.74) is 2.27. The van der Waals surface area contributed by atoms with E-state index in [1.807, 2.05) is 13.1 Å². The third-order valence-corrected chi connectivity index (χ3v) is 4.33. The molecule has 1 aliphatic carbocycles. The molecule has 3 heteroatoms. The highest BCUT2D eigenvalue weighted by atomic mass is 16.5. The highest BCUT2D eigenvalue weighted by Gasteiger charge is 2.41. The van der Waals surface area contributed by atoms with E-state index in [9.17, 15) is 0 Å². The number of nitrogens with one attached hydrogen (secondary N) is 1. The van der Waals surface area contributed by atoms with E-state index < -0.39 is 0 Å². The number of hydrogen-bond acceptors (Lipinski definition) is 3. The zero-order chi connectivity index (χ0) is 14.4. The van der Waals surface area contributed by atoms with Crippen LogP contribution in [0.1, 0.15) is 63.3 Å². The van der Waals surface area contributed by atoms with E-state index in [4.69, 9.17) is 4.74 Å². The van der Waals surface area contributed by atoms with Gasteiger partial charge in [0, 0.05) is 18.5 Å². The predicted molar refractivity (Wildman–Crippen MR) is 82.8 cm³/mol. The van der Waals surface area contributed by atoms with Crippen LogP contribution < -0.4 is 5.32 Å². The first-order valence-corrected chi connectivity index (χ1v) is 8.01. The molecule has 1 heterocycles. The van der Waals surface area contributed by atoms with Crippen LogP contribution in [-0.4, -0.2) is 23.7 Å². The van der Waals surface area contributed by atoms with Crippen LogP contribution in [0.15, 0.2) is 18.3 Å². The Hall–Kier alpha value is -0.930. The molecule has 1 saturated carbocycles. The number of pyridine rings is 1. The molecule has 112 valence electrons. The van der Waals surface area contributed by atoms with E-state index >= 15 is 0 Å². The first-order valence-electron chi connectivity index (χ1n) is 8.01. The Bertz CT molecular complexity index is 390. The van der Waals surface area contributed by atoms with Gasteiger partial charge in [-0.15, -0.1) is 0 Å². The van der Waals surface area contributed by atoms with Crippen molar-refractivity contribution in [2.24, 2.45) is 0 Å². The Kier molecular flexibility index (Phi) is 5.55. The molecular weight excluding hydrogens is 248 g/mol. The van der Waals surface area contributed by atoms with Gasteiger partial charge in [0.2, 0.25) is 0 Å². The maximum Gasteiger partial charge on any atom is 0.0876 e. The molecule has 20 heavy (non-hydrogen) atoms. The fourth-order valence-corrected chi connectivity index (χ4v) is 3.42.